The quantitative estimate of drug-likeness (QED) is 0.208. The number of hydrogen-bond acceptors (Lipinski definition) is 5. The monoisotopic (exact) mass is 521 g/mol. The first kappa shape index (κ1) is 24.3. The van der Waals surface area contributed by atoms with Crippen molar-refractivity contribution in [3.05, 3.63) is 41.5 Å². The van der Waals surface area contributed by atoms with E-state index in [9.17, 15) is 8.42 Å². The number of nitrogens with zero attached hydrogens (tertiary/aromatic N) is 4. The molecule has 0 radical (unpaired) electrons. The molecule has 0 bridgehead atoms. The number of hydrogen-bond donors (Lipinski definition) is 3. The molecule has 0 fully saturated rings. The molecule has 28 heavy (non-hydrogen) atoms. The number of halogens is 1. The van der Waals surface area contributed by atoms with E-state index < -0.39 is 10.0 Å². The van der Waals surface area contributed by atoms with Gasteiger partial charge in [-0.25, -0.2) is 23.1 Å². The van der Waals surface area contributed by atoms with Gasteiger partial charge in [0.2, 0.25) is 10.0 Å². The van der Waals surface area contributed by atoms with Crippen LogP contribution in [0.15, 0.2) is 34.4 Å². The van der Waals surface area contributed by atoms with E-state index in [0.29, 0.717) is 30.5 Å². The van der Waals surface area contributed by atoms with Gasteiger partial charge in [0, 0.05) is 26.7 Å². The van der Waals surface area contributed by atoms with Crippen molar-refractivity contribution < 1.29 is 8.42 Å². The Bertz CT molecular complexity index is 897. The Morgan fingerprint density at radius 1 is 1.21 bits per heavy atom. The Kier molecular flexibility index (Phi) is 9.82. The van der Waals surface area contributed by atoms with Crippen LogP contribution in [0.2, 0.25) is 0 Å². The predicted octanol–water partition coefficient (Wildman–Crippen LogP) is 1.08. The van der Waals surface area contributed by atoms with E-state index in [4.69, 9.17) is 0 Å². The normalized spacial score (nSPS) is 11.8. The van der Waals surface area contributed by atoms with E-state index in [0.717, 1.165) is 17.0 Å². The molecule has 0 spiro atoms. The molecule has 0 atom stereocenters. The van der Waals surface area contributed by atoms with Gasteiger partial charge in [0.25, 0.3) is 0 Å². The summed E-state index contributed by atoms with van der Waals surface area (Å²) in [5.41, 5.74) is 1.63. The number of benzene rings is 1. The summed E-state index contributed by atoms with van der Waals surface area (Å²) in [6.07, 6.45) is 1.48. The number of aromatic nitrogens is 3. The SMILES string of the molecule is CCNC(=NCc1ncnn1C)NCCNS(=O)(=O)c1cc(C)ccc1C.I. The fraction of sp³-hybridized carbons (Fsp3) is 0.471. The van der Waals surface area contributed by atoms with Gasteiger partial charge in [-0.05, 0) is 38.0 Å². The van der Waals surface area contributed by atoms with Crippen LogP contribution in [0.1, 0.15) is 23.9 Å². The molecule has 0 saturated heterocycles. The van der Waals surface area contributed by atoms with Gasteiger partial charge in [0.1, 0.15) is 18.7 Å². The molecule has 2 rings (SSSR count). The number of guanidine groups is 1. The van der Waals surface area contributed by atoms with Crippen LogP contribution < -0.4 is 15.4 Å². The minimum absolute atomic E-state index is 0. The van der Waals surface area contributed by atoms with Crippen molar-refractivity contribution in [1.29, 1.82) is 0 Å². The van der Waals surface area contributed by atoms with Crippen LogP contribution in [0.3, 0.4) is 0 Å². The summed E-state index contributed by atoms with van der Waals surface area (Å²) >= 11 is 0. The first-order chi connectivity index (χ1) is 12.8. The lowest BCUT2D eigenvalue weighted by Crippen LogP contribution is -2.41. The van der Waals surface area contributed by atoms with Crippen molar-refractivity contribution >= 4 is 40.0 Å². The van der Waals surface area contributed by atoms with Crippen LogP contribution in [0.5, 0.6) is 0 Å². The molecule has 0 aliphatic heterocycles. The molecule has 11 heteroatoms. The predicted molar refractivity (Wildman–Crippen MR) is 120 cm³/mol. The van der Waals surface area contributed by atoms with Crippen LogP contribution in [0.4, 0.5) is 0 Å². The summed E-state index contributed by atoms with van der Waals surface area (Å²) in [5, 5.41) is 10.2. The highest BCUT2D eigenvalue weighted by Gasteiger charge is 2.16. The molecule has 156 valence electrons. The third-order valence-corrected chi connectivity index (χ3v) is 5.47. The Morgan fingerprint density at radius 3 is 2.61 bits per heavy atom. The minimum Gasteiger partial charge on any atom is -0.357 e. The van der Waals surface area contributed by atoms with Gasteiger partial charge in [-0.3, -0.25) is 4.68 Å². The average Bonchev–Trinajstić information content (AvgIpc) is 3.03. The zero-order valence-electron chi connectivity index (χ0n) is 16.6. The Morgan fingerprint density at radius 2 is 1.96 bits per heavy atom. The molecule has 1 heterocycles. The zero-order chi connectivity index (χ0) is 19.9. The van der Waals surface area contributed by atoms with E-state index >= 15 is 0 Å². The lowest BCUT2D eigenvalue weighted by atomic mass is 10.2. The molecule has 0 aliphatic carbocycles. The highest BCUT2D eigenvalue weighted by atomic mass is 127. The lowest BCUT2D eigenvalue weighted by Gasteiger charge is -2.13. The third kappa shape index (κ3) is 7.02. The highest BCUT2D eigenvalue weighted by Crippen LogP contribution is 2.16. The van der Waals surface area contributed by atoms with Gasteiger partial charge in [0.15, 0.2) is 5.96 Å². The summed E-state index contributed by atoms with van der Waals surface area (Å²) in [7, 11) is -1.74. The van der Waals surface area contributed by atoms with Crippen LogP contribution >= 0.6 is 24.0 Å². The van der Waals surface area contributed by atoms with Gasteiger partial charge in [-0.1, -0.05) is 12.1 Å². The molecule has 1 aromatic carbocycles. The second-order valence-electron chi connectivity index (χ2n) is 6.09. The fourth-order valence-corrected chi connectivity index (χ4v) is 3.75. The molecular weight excluding hydrogens is 493 g/mol. The fourth-order valence-electron chi connectivity index (χ4n) is 2.40. The number of sulfonamides is 1. The van der Waals surface area contributed by atoms with Crippen LogP contribution in [-0.2, 0) is 23.6 Å². The maximum atomic E-state index is 12.5. The zero-order valence-corrected chi connectivity index (χ0v) is 19.7. The molecular formula is C17H28IN7O2S. The summed E-state index contributed by atoms with van der Waals surface area (Å²) in [6.45, 7) is 7.32. The first-order valence-electron chi connectivity index (χ1n) is 8.75. The van der Waals surface area contributed by atoms with Crippen LogP contribution in [-0.4, -0.2) is 48.8 Å². The van der Waals surface area contributed by atoms with Gasteiger partial charge in [-0.15, -0.1) is 24.0 Å². The van der Waals surface area contributed by atoms with Crippen molar-refractivity contribution in [2.75, 3.05) is 19.6 Å². The smallest absolute Gasteiger partial charge is 0.240 e. The summed E-state index contributed by atoms with van der Waals surface area (Å²) in [6, 6.07) is 5.38. The lowest BCUT2D eigenvalue weighted by molar-refractivity contribution is 0.579. The average molecular weight is 521 g/mol. The van der Waals surface area contributed by atoms with Gasteiger partial charge in [-0.2, -0.15) is 5.10 Å². The summed E-state index contributed by atoms with van der Waals surface area (Å²) in [4.78, 5) is 8.86. The van der Waals surface area contributed by atoms with Crippen molar-refractivity contribution in [3.63, 3.8) is 0 Å². The second-order valence-corrected chi connectivity index (χ2v) is 7.82. The van der Waals surface area contributed by atoms with Crippen molar-refractivity contribution in [3.8, 4) is 0 Å². The van der Waals surface area contributed by atoms with E-state index in [1.807, 2.05) is 26.0 Å². The summed E-state index contributed by atoms with van der Waals surface area (Å²) in [5.74, 6) is 1.33. The Hall–Kier alpha value is -1.73. The van der Waals surface area contributed by atoms with E-state index in [1.54, 1.807) is 24.7 Å². The molecule has 3 N–H and O–H groups in total. The molecule has 0 aliphatic rings. The van der Waals surface area contributed by atoms with E-state index in [-0.39, 0.29) is 30.5 Å². The van der Waals surface area contributed by atoms with E-state index in [1.165, 1.54) is 6.33 Å². The van der Waals surface area contributed by atoms with E-state index in [2.05, 4.69) is 30.4 Å². The number of rotatable bonds is 8. The molecule has 2 aromatic rings. The molecule has 0 amide bonds. The molecule has 9 nitrogen and oxygen atoms in total. The molecule has 0 unspecified atom stereocenters. The third-order valence-electron chi connectivity index (χ3n) is 3.87. The van der Waals surface area contributed by atoms with Crippen LogP contribution in [0, 0.1) is 13.8 Å². The van der Waals surface area contributed by atoms with Crippen LogP contribution in [0.25, 0.3) is 0 Å². The van der Waals surface area contributed by atoms with Crippen molar-refractivity contribution in [2.45, 2.75) is 32.2 Å². The Labute approximate surface area is 183 Å². The maximum absolute atomic E-state index is 12.5. The molecule has 1 aromatic heterocycles. The molecule has 0 saturated carbocycles. The Balaban J connectivity index is 0.00000392. The van der Waals surface area contributed by atoms with Crippen molar-refractivity contribution in [1.82, 2.24) is 30.1 Å². The van der Waals surface area contributed by atoms with Gasteiger partial charge >= 0.3 is 0 Å². The minimum atomic E-state index is -3.55. The highest BCUT2D eigenvalue weighted by molar-refractivity contribution is 14.0. The topological polar surface area (TPSA) is 113 Å². The van der Waals surface area contributed by atoms with Gasteiger partial charge in [0.05, 0.1) is 4.90 Å². The number of nitrogens with one attached hydrogen (secondary N) is 3. The largest absolute Gasteiger partial charge is 0.357 e. The summed E-state index contributed by atoms with van der Waals surface area (Å²) < 4.78 is 29.3. The standard InChI is InChI=1S/C17H27N7O2S.HI/c1-5-18-17(20-11-16-21-12-22-24(16)4)19-8-9-23-27(25,26)15-10-13(2)6-7-14(15)3;/h6-7,10,12,23H,5,8-9,11H2,1-4H3,(H2,18,19,20);1H. The first-order valence-corrected chi connectivity index (χ1v) is 10.2. The number of aryl methyl sites for hydroxylation is 3. The number of aliphatic imine (C=N–C) groups is 1. The van der Waals surface area contributed by atoms with Crippen molar-refractivity contribution in [2.24, 2.45) is 12.0 Å². The second kappa shape index (κ2) is 11.3. The maximum Gasteiger partial charge on any atom is 0.240 e. The van der Waals surface area contributed by atoms with Gasteiger partial charge < -0.3 is 10.6 Å².